The summed E-state index contributed by atoms with van der Waals surface area (Å²) in [7, 11) is 1.78. The van der Waals surface area contributed by atoms with Crippen molar-refractivity contribution in [2.24, 2.45) is 0 Å². The van der Waals surface area contributed by atoms with E-state index >= 15 is 0 Å². The minimum atomic E-state index is -0.249. The molecule has 1 aromatic carbocycles. The quantitative estimate of drug-likeness (QED) is 0.632. The molecule has 3 rings (SSSR count). The predicted octanol–water partition coefficient (Wildman–Crippen LogP) is 2.03. The van der Waals surface area contributed by atoms with E-state index in [9.17, 15) is 9.18 Å². The Morgan fingerprint density at radius 3 is 2.81 bits per heavy atom. The molecular formula is C18H23FN6O. The van der Waals surface area contributed by atoms with Crippen LogP contribution in [0.3, 0.4) is 0 Å². The van der Waals surface area contributed by atoms with E-state index in [1.807, 2.05) is 6.07 Å². The molecule has 1 heterocycles. The van der Waals surface area contributed by atoms with Gasteiger partial charge in [0.15, 0.2) is 0 Å². The number of hydrogen-bond donors (Lipinski definition) is 4. The molecule has 0 bridgehead atoms. The number of amides is 2. The molecule has 8 heteroatoms. The van der Waals surface area contributed by atoms with E-state index in [2.05, 4.69) is 25.9 Å². The van der Waals surface area contributed by atoms with Crippen molar-refractivity contribution in [2.45, 2.75) is 31.2 Å². The Morgan fingerprint density at radius 2 is 2.08 bits per heavy atom. The van der Waals surface area contributed by atoms with E-state index in [0.29, 0.717) is 24.3 Å². The van der Waals surface area contributed by atoms with E-state index < -0.39 is 0 Å². The van der Waals surface area contributed by atoms with Gasteiger partial charge in [-0.2, -0.15) is 4.98 Å². The van der Waals surface area contributed by atoms with Gasteiger partial charge < -0.3 is 21.7 Å². The number of nitrogens with one attached hydrogen (secondary N) is 3. The molecular weight excluding hydrogens is 335 g/mol. The van der Waals surface area contributed by atoms with Gasteiger partial charge in [-0.1, -0.05) is 18.2 Å². The van der Waals surface area contributed by atoms with Gasteiger partial charge >= 0.3 is 6.03 Å². The minimum Gasteiger partial charge on any atom is -0.373 e. The largest absolute Gasteiger partial charge is 0.373 e. The molecule has 138 valence electrons. The molecule has 1 aliphatic rings. The number of benzene rings is 1. The number of carbonyl (C=O) groups is 1. The van der Waals surface area contributed by atoms with Crippen molar-refractivity contribution < 1.29 is 9.18 Å². The Morgan fingerprint density at radius 1 is 1.31 bits per heavy atom. The molecule has 2 aromatic rings. The fourth-order valence-corrected chi connectivity index (χ4v) is 3.05. The maximum Gasteiger partial charge on any atom is 0.315 e. The molecule has 0 aliphatic heterocycles. The molecule has 0 atom stereocenters. The summed E-state index contributed by atoms with van der Waals surface area (Å²) >= 11 is 0. The van der Waals surface area contributed by atoms with Crippen molar-refractivity contribution in [3.05, 3.63) is 47.4 Å². The standard InChI is InChI=1S/C18H23FN6O/c1-21-16-10-15(24-17(20)25-16)12-8-13(9-12)23-18(26)22-7-6-11-4-2-3-5-14(11)19/h2-5,10,12-13H,6-9H2,1H3,(H2,22,23,26)(H3,20,21,24,25). The number of nitrogens with two attached hydrogens (primary N) is 1. The fraction of sp³-hybridized carbons (Fsp3) is 0.389. The van der Waals surface area contributed by atoms with Crippen LogP contribution in [0, 0.1) is 5.82 Å². The van der Waals surface area contributed by atoms with Gasteiger partial charge in [0.1, 0.15) is 11.6 Å². The Labute approximate surface area is 151 Å². The van der Waals surface area contributed by atoms with E-state index in [0.717, 1.165) is 18.5 Å². The molecule has 1 aliphatic carbocycles. The van der Waals surface area contributed by atoms with Crippen molar-refractivity contribution in [1.82, 2.24) is 20.6 Å². The summed E-state index contributed by atoms with van der Waals surface area (Å²) in [6.45, 7) is 0.386. The third kappa shape index (κ3) is 4.38. The van der Waals surface area contributed by atoms with Gasteiger partial charge in [0.05, 0.1) is 5.69 Å². The highest BCUT2D eigenvalue weighted by atomic mass is 19.1. The number of anilines is 2. The summed E-state index contributed by atoms with van der Waals surface area (Å²) in [5.74, 6) is 0.946. The van der Waals surface area contributed by atoms with Gasteiger partial charge in [-0.05, 0) is 30.9 Å². The van der Waals surface area contributed by atoms with E-state index in [4.69, 9.17) is 5.73 Å². The summed E-state index contributed by atoms with van der Waals surface area (Å²) < 4.78 is 13.5. The lowest BCUT2D eigenvalue weighted by Crippen LogP contribution is -2.48. The van der Waals surface area contributed by atoms with Gasteiger partial charge in [-0.3, -0.25) is 0 Å². The number of rotatable bonds is 6. The average Bonchev–Trinajstić information content (AvgIpc) is 2.58. The third-order valence-corrected chi connectivity index (χ3v) is 4.55. The first kappa shape index (κ1) is 17.9. The first-order valence-corrected chi connectivity index (χ1v) is 8.65. The molecule has 0 saturated heterocycles. The molecule has 0 radical (unpaired) electrons. The zero-order valence-electron chi connectivity index (χ0n) is 14.6. The molecule has 1 saturated carbocycles. The number of nitrogens with zero attached hydrogens (tertiary/aromatic N) is 2. The highest BCUT2D eigenvalue weighted by Crippen LogP contribution is 2.36. The molecule has 0 spiro atoms. The molecule has 1 aromatic heterocycles. The van der Waals surface area contributed by atoms with Crippen molar-refractivity contribution in [3.63, 3.8) is 0 Å². The average molecular weight is 358 g/mol. The number of hydrogen-bond acceptors (Lipinski definition) is 5. The number of halogens is 1. The Bertz CT molecular complexity index is 778. The SMILES string of the molecule is CNc1cc(C2CC(NC(=O)NCCc3ccccc3F)C2)nc(N)n1. The molecule has 1 fully saturated rings. The van der Waals surface area contributed by atoms with E-state index in [1.54, 1.807) is 25.2 Å². The number of nitrogen functional groups attached to an aromatic ring is 1. The number of urea groups is 1. The maximum absolute atomic E-state index is 13.5. The summed E-state index contributed by atoms with van der Waals surface area (Å²) in [6, 6.07) is 8.32. The number of aromatic nitrogens is 2. The van der Waals surface area contributed by atoms with Crippen LogP contribution in [0.4, 0.5) is 21.0 Å². The van der Waals surface area contributed by atoms with Gasteiger partial charge in [0.25, 0.3) is 0 Å². The van der Waals surface area contributed by atoms with Crippen LogP contribution in [-0.2, 0) is 6.42 Å². The van der Waals surface area contributed by atoms with E-state index in [-0.39, 0.29) is 29.8 Å². The minimum absolute atomic E-state index is 0.0997. The van der Waals surface area contributed by atoms with Gasteiger partial charge in [0.2, 0.25) is 5.95 Å². The van der Waals surface area contributed by atoms with Crippen LogP contribution >= 0.6 is 0 Å². The van der Waals surface area contributed by atoms with Crippen molar-refractivity contribution >= 4 is 17.8 Å². The predicted molar refractivity (Wildman–Crippen MR) is 98.4 cm³/mol. The molecule has 0 unspecified atom stereocenters. The molecule has 5 N–H and O–H groups in total. The smallest absolute Gasteiger partial charge is 0.315 e. The normalized spacial score (nSPS) is 18.7. The highest BCUT2D eigenvalue weighted by Gasteiger charge is 2.32. The van der Waals surface area contributed by atoms with Gasteiger partial charge in [-0.15, -0.1) is 0 Å². The monoisotopic (exact) mass is 358 g/mol. The van der Waals surface area contributed by atoms with Crippen molar-refractivity contribution in [3.8, 4) is 0 Å². The first-order chi connectivity index (χ1) is 12.5. The van der Waals surface area contributed by atoms with E-state index in [1.165, 1.54) is 6.07 Å². The second kappa shape index (κ2) is 7.99. The van der Waals surface area contributed by atoms with Crippen LogP contribution in [0.2, 0.25) is 0 Å². The fourth-order valence-electron chi connectivity index (χ4n) is 3.05. The van der Waals surface area contributed by atoms with Crippen LogP contribution in [0.15, 0.2) is 30.3 Å². The number of carbonyl (C=O) groups excluding carboxylic acids is 1. The molecule has 2 amide bonds. The summed E-state index contributed by atoms with van der Waals surface area (Å²) in [6.07, 6.45) is 2.07. The lowest BCUT2D eigenvalue weighted by molar-refractivity contribution is 0.222. The topological polar surface area (TPSA) is 105 Å². The van der Waals surface area contributed by atoms with Crippen molar-refractivity contribution in [2.75, 3.05) is 24.6 Å². The second-order valence-corrected chi connectivity index (χ2v) is 6.39. The first-order valence-electron chi connectivity index (χ1n) is 8.65. The molecule has 7 nitrogen and oxygen atoms in total. The maximum atomic E-state index is 13.5. The Hall–Kier alpha value is -2.90. The Kier molecular flexibility index (Phi) is 5.50. The van der Waals surface area contributed by atoms with Crippen LogP contribution in [0.25, 0.3) is 0 Å². The van der Waals surface area contributed by atoms with Crippen LogP contribution < -0.4 is 21.7 Å². The zero-order chi connectivity index (χ0) is 18.5. The van der Waals surface area contributed by atoms with Crippen LogP contribution in [0.5, 0.6) is 0 Å². The highest BCUT2D eigenvalue weighted by molar-refractivity contribution is 5.74. The van der Waals surface area contributed by atoms with Crippen molar-refractivity contribution in [1.29, 1.82) is 0 Å². The van der Waals surface area contributed by atoms with Gasteiger partial charge in [0, 0.05) is 31.6 Å². The van der Waals surface area contributed by atoms with Gasteiger partial charge in [-0.25, -0.2) is 14.2 Å². The Balaban J connectivity index is 1.41. The zero-order valence-corrected chi connectivity index (χ0v) is 14.6. The lowest BCUT2D eigenvalue weighted by atomic mass is 9.78. The summed E-state index contributed by atoms with van der Waals surface area (Å²) in [4.78, 5) is 20.3. The second-order valence-electron chi connectivity index (χ2n) is 6.39. The summed E-state index contributed by atoms with van der Waals surface area (Å²) in [5.41, 5.74) is 7.20. The summed E-state index contributed by atoms with van der Waals surface area (Å²) in [5, 5.41) is 8.65. The third-order valence-electron chi connectivity index (χ3n) is 4.55. The van der Waals surface area contributed by atoms with Crippen LogP contribution in [-0.4, -0.2) is 35.6 Å². The lowest BCUT2D eigenvalue weighted by Gasteiger charge is -2.35. The molecule has 26 heavy (non-hydrogen) atoms. The van der Waals surface area contributed by atoms with Crippen LogP contribution in [0.1, 0.15) is 30.0 Å².